The maximum absolute atomic E-state index is 13.7. The molecule has 1 aromatic carbocycles. The minimum Gasteiger partial charge on any atom is -0.354 e. The summed E-state index contributed by atoms with van der Waals surface area (Å²) < 4.78 is 15.7. The Hall–Kier alpha value is -2.41. The average molecular weight is 472 g/mol. The molecule has 0 spiro atoms. The molecule has 0 bridgehead atoms. The molecule has 0 saturated carbocycles. The fourth-order valence-corrected chi connectivity index (χ4v) is 4.73. The molecule has 0 unspecified atom stereocenters. The smallest absolute Gasteiger partial charge is 0.222 e. The Bertz CT molecular complexity index is 929. The number of benzene rings is 1. The molecule has 7 heteroatoms. The molecule has 2 heterocycles. The van der Waals surface area contributed by atoms with Crippen molar-refractivity contribution in [1.29, 1.82) is 0 Å². The van der Waals surface area contributed by atoms with E-state index < -0.39 is 0 Å². The molecule has 1 aliphatic heterocycles. The number of amides is 1. The number of halogens is 1. The summed E-state index contributed by atoms with van der Waals surface area (Å²) in [4.78, 5) is 19.9. The molecule has 1 aliphatic rings. The van der Waals surface area contributed by atoms with E-state index in [1.54, 1.807) is 12.1 Å². The first-order chi connectivity index (χ1) is 16.2. The number of carbonyl (C=O) groups is 1. The zero-order valence-electron chi connectivity index (χ0n) is 21.9. The minimum atomic E-state index is -0.257. The number of carbonyl (C=O) groups excluding carboxylic acids is 1. The number of nitrogens with zero attached hydrogens (tertiary/aromatic N) is 5. The number of aryl methyl sites for hydroxylation is 1. The standard InChI is InChI=1S/C27H42FN5O/c1-7-9-26(34)32(18-20(3)4)19-24-25(8-2)29-33(23-12-10-22(28)11-13-23)27(24)31-16-14-30(15-17-31)21(5)6/h10-13,20-21H,7-9,14-19H2,1-6H3. The Morgan fingerprint density at radius 1 is 1.06 bits per heavy atom. The molecule has 1 fully saturated rings. The van der Waals surface area contributed by atoms with Crippen LogP contribution in [0.25, 0.3) is 5.69 Å². The van der Waals surface area contributed by atoms with Gasteiger partial charge in [-0.2, -0.15) is 5.10 Å². The van der Waals surface area contributed by atoms with E-state index in [4.69, 9.17) is 5.10 Å². The zero-order valence-corrected chi connectivity index (χ0v) is 21.9. The van der Waals surface area contributed by atoms with Crippen LogP contribution < -0.4 is 4.90 Å². The lowest BCUT2D eigenvalue weighted by Gasteiger charge is -2.38. The van der Waals surface area contributed by atoms with Crippen molar-refractivity contribution >= 4 is 11.7 Å². The lowest BCUT2D eigenvalue weighted by atomic mass is 10.1. The topological polar surface area (TPSA) is 44.6 Å². The molecule has 1 aromatic heterocycles. The summed E-state index contributed by atoms with van der Waals surface area (Å²) in [5.41, 5.74) is 2.97. The Kier molecular flexibility index (Phi) is 9.11. The second-order valence-electron chi connectivity index (χ2n) is 10.0. The van der Waals surface area contributed by atoms with Crippen molar-refractivity contribution in [1.82, 2.24) is 19.6 Å². The van der Waals surface area contributed by atoms with Gasteiger partial charge in [0.15, 0.2) is 0 Å². The van der Waals surface area contributed by atoms with Crippen molar-refractivity contribution in [3.8, 4) is 5.69 Å². The van der Waals surface area contributed by atoms with Crippen LogP contribution in [0.1, 0.15) is 65.6 Å². The van der Waals surface area contributed by atoms with Crippen LogP contribution in [0, 0.1) is 11.7 Å². The molecule has 1 saturated heterocycles. The van der Waals surface area contributed by atoms with Crippen LogP contribution in [0.5, 0.6) is 0 Å². The normalized spacial score (nSPS) is 14.9. The molecule has 188 valence electrons. The maximum Gasteiger partial charge on any atom is 0.222 e. The fraction of sp³-hybridized carbons (Fsp3) is 0.630. The Balaban J connectivity index is 2.06. The van der Waals surface area contributed by atoms with E-state index >= 15 is 0 Å². The van der Waals surface area contributed by atoms with E-state index in [0.717, 1.165) is 68.3 Å². The van der Waals surface area contributed by atoms with E-state index in [1.807, 2.05) is 9.58 Å². The first-order valence-corrected chi connectivity index (χ1v) is 12.9. The number of hydrogen-bond acceptors (Lipinski definition) is 4. The highest BCUT2D eigenvalue weighted by molar-refractivity contribution is 5.76. The maximum atomic E-state index is 13.7. The van der Waals surface area contributed by atoms with E-state index in [9.17, 15) is 9.18 Å². The molecule has 34 heavy (non-hydrogen) atoms. The molecule has 0 aliphatic carbocycles. The quantitative estimate of drug-likeness (QED) is 0.495. The third-order valence-corrected chi connectivity index (χ3v) is 6.54. The van der Waals surface area contributed by atoms with Gasteiger partial charge >= 0.3 is 0 Å². The third kappa shape index (κ3) is 6.17. The lowest BCUT2D eigenvalue weighted by molar-refractivity contribution is -0.132. The number of aromatic nitrogens is 2. The Morgan fingerprint density at radius 3 is 2.24 bits per heavy atom. The minimum absolute atomic E-state index is 0.198. The summed E-state index contributed by atoms with van der Waals surface area (Å²) in [5.74, 6) is 1.37. The van der Waals surface area contributed by atoms with Crippen LogP contribution in [-0.4, -0.2) is 64.3 Å². The summed E-state index contributed by atoms with van der Waals surface area (Å²) in [6.45, 7) is 18.0. The van der Waals surface area contributed by atoms with Crippen LogP contribution in [0.2, 0.25) is 0 Å². The van der Waals surface area contributed by atoms with Crippen molar-refractivity contribution in [2.24, 2.45) is 5.92 Å². The number of hydrogen-bond donors (Lipinski definition) is 0. The highest BCUT2D eigenvalue weighted by Crippen LogP contribution is 2.31. The molecule has 2 aromatic rings. The summed E-state index contributed by atoms with van der Waals surface area (Å²) in [6, 6.07) is 7.06. The molecule has 0 N–H and O–H groups in total. The van der Waals surface area contributed by atoms with E-state index in [0.29, 0.717) is 24.9 Å². The zero-order chi connectivity index (χ0) is 24.8. The molecule has 3 rings (SSSR count). The number of piperazine rings is 1. The van der Waals surface area contributed by atoms with Crippen molar-refractivity contribution in [2.75, 3.05) is 37.6 Å². The van der Waals surface area contributed by atoms with E-state index in [1.165, 1.54) is 12.1 Å². The van der Waals surface area contributed by atoms with Crippen molar-refractivity contribution < 1.29 is 9.18 Å². The average Bonchev–Trinajstić information content (AvgIpc) is 3.17. The third-order valence-electron chi connectivity index (χ3n) is 6.54. The molecule has 1 amide bonds. The second-order valence-corrected chi connectivity index (χ2v) is 10.0. The van der Waals surface area contributed by atoms with Crippen molar-refractivity contribution in [2.45, 2.75) is 73.4 Å². The van der Waals surface area contributed by atoms with Gasteiger partial charge in [-0.05, 0) is 56.9 Å². The van der Waals surface area contributed by atoms with Crippen molar-refractivity contribution in [3.63, 3.8) is 0 Å². The summed E-state index contributed by atoms with van der Waals surface area (Å²) in [6.07, 6.45) is 2.18. The van der Waals surface area contributed by atoms with Gasteiger partial charge in [0, 0.05) is 50.7 Å². The Labute approximate surface area is 204 Å². The predicted molar refractivity (Wildman–Crippen MR) is 137 cm³/mol. The van der Waals surface area contributed by atoms with E-state index in [2.05, 4.69) is 51.3 Å². The van der Waals surface area contributed by atoms with Crippen LogP contribution in [0.15, 0.2) is 24.3 Å². The van der Waals surface area contributed by atoms with Gasteiger partial charge in [-0.25, -0.2) is 9.07 Å². The highest BCUT2D eigenvalue weighted by atomic mass is 19.1. The largest absolute Gasteiger partial charge is 0.354 e. The SMILES string of the molecule is CCCC(=O)N(Cc1c(CC)nn(-c2ccc(F)cc2)c1N1CCN(C(C)C)CC1)CC(C)C. The predicted octanol–water partition coefficient (Wildman–Crippen LogP) is 4.89. The van der Waals surface area contributed by atoms with Gasteiger partial charge < -0.3 is 9.80 Å². The Morgan fingerprint density at radius 2 is 1.71 bits per heavy atom. The van der Waals surface area contributed by atoms with Crippen LogP contribution in [-0.2, 0) is 17.8 Å². The number of rotatable bonds is 10. The van der Waals surface area contributed by atoms with Crippen LogP contribution in [0.3, 0.4) is 0 Å². The summed E-state index contributed by atoms with van der Waals surface area (Å²) in [7, 11) is 0. The van der Waals surface area contributed by atoms with Gasteiger partial charge in [-0.1, -0.05) is 27.7 Å². The first-order valence-electron chi connectivity index (χ1n) is 12.9. The van der Waals surface area contributed by atoms with Crippen molar-refractivity contribution in [3.05, 3.63) is 41.3 Å². The fourth-order valence-electron chi connectivity index (χ4n) is 4.73. The van der Waals surface area contributed by atoms with Crippen LogP contribution >= 0.6 is 0 Å². The second kappa shape index (κ2) is 11.8. The number of anilines is 1. The summed E-state index contributed by atoms with van der Waals surface area (Å²) >= 11 is 0. The molecular formula is C27H42FN5O. The molecule has 0 radical (unpaired) electrons. The lowest BCUT2D eigenvalue weighted by Crippen LogP contribution is -2.49. The van der Waals surface area contributed by atoms with Gasteiger partial charge in [0.2, 0.25) is 5.91 Å². The van der Waals surface area contributed by atoms with Gasteiger partial charge in [-0.3, -0.25) is 9.69 Å². The van der Waals surface area contributed by atoms with Crippen LogP contribution in [0.4, 0.5) is 10.2 Å². The van der Waals surface area contributed by atoms with Gasteiger partial charge in [0.1, 0.15) is 11.6 Å². The van der Waals surface area contributed by atoms with E-state index in [-0.39, 0.29) is 11.7 Å². The highest BCUT2D eigenvalue weighted by Gasteiger charge is 2.29. The van der Waals surface area contributed by atoms with Gasteiger partial charge in [0.25, 0.3) is 0 Å². The monoisotopic (exact) mass is 471 g/mol. The van der Waals surface area contributed by atoms with Gasteiger partial charge in [0.05, 0.1) is 17.9 Å². The summed E-state index contributed by atoms with van der Waals surface area (Å²) in [5, 5.41) is 5.00. The first kappa shape index (κ1) is 26.2. The molecular weight excluding hydrogens is 429 g/mol. The molecule has 0 atom stereocenters. The van der Waals surface area contributed by atoms with Gasteiger partial charge in [-0.15, -0.1) is 0 Å². The molecule has 6 nitrogen and oxygen atoms in total.